The molecular weight excluding hydrogens is 380 g/mol. The van der Waals surface area contributed by atoms with Gasteiger partial charge in [0.15, 0.2) is 5.11 Å². The Morgan fingerprint density at radius 1 is 1.23 bits per heavy atom. The van der Waals surface area contributed by atoms with Gasteiger partial charge in [-0.1, -0.05) is 41.9 Å². The van der Waals surface area contributed by atoms with Gasteiger partial charge in [-0.3, -0.25) is 0 Å². The molecule has 0 aliphatic heterocycles. The molecule has 1 atom stereocenters. The van der Waals surface area contributed by atoms with Crippen molar-refractivity contribution < 1.29 is 0 Å². The first-order valence-electron chi connectivity index (χ1n) is 7.11. The molecular formula is C17H18BrClN2S. The molecule has 2 nitrogen and oxygen atoms in total. The van der Waals surface area contributed by atoms with E-state index in [1.165, 1.54) is 5.56 Å². The van der Waals surface area contributed by atoms with Gasteiger partial charge in [0.1, 0.15) is 0 Å². The minimum Gasteiger partial charge on any atom is -0.360 e. The number of nitrogens with one attached hydrogen (secondary N) is 2. The molecule has 22 heavy (non-hydrogen) atoms. The Balaban J connectivity index is 1.79. The smallest absolute Gasteiger partial charge is 0.170 e. The first-order valence-corrected chi connectivity index (χ1v) is 8.69. The first-order chi connectivity index (χ1) is 10.5. The van der Waals surface area contributed by atoms with E-state index < -0.39 is 0 Å². The van der Waals surface area contributed by atoms with Gasteiger partial charge in [-0.05, 0) is 71.7 Å². The summed E-state index contributed by atoms with van der Waals surface area (Å²) in [6.45, 7) is 2.13. The molecule has 0 heterocycles. The average molecular weight is 398 g/mol. The van der Waals surface area contributed by atoms with E-state index >= 15 is 0 Å². The van der Waals surface area contributed by atoms with E-state index in [1.807, 2.05) is 24.3 Å². The molecule has 2 aromatic rings. The fourth-order valence-corrected chi connectivity index (χ4v) is 2.81. The molecule has 0 bridgehead atoms. The lowest BCUT2D eigenvalue weighted by Gasteiger charge is -2.17. The second-order valence-electron chi connectivity index (χ2n) is 5.15. The van der Waals surface area contributed by atoms with Gasteiger partial charge in [0.2, 0.25) is 0 Å². The summed E-state index contributed by atoms with van der Waals surface area (Å²) in [7, 11) is 0. The van der Waals surface area contributed by atoms with Crippen LogP contribution in [0.15, 0.2) is 53.0 Å². The van der Waals surface area contributed by atoms with Crippen molar-refractivity contribution in [3.63, 3.8) is 0 Å². The minimum absolute atomic E-state index is 0.297. The van der Waals surface area contributed by atoms with Gasteiger partial charge in [0, 0.05) is 16.2 Å². The average Bonchev–Trinajstić information content (AvgIpc) is 2.50. The Morgan fingerprint density at radius 2 is 1.95 bits per heavy atom. The number of aryl methyl sites for hydroxylation is 1. The third-order valence-corrected chi connectivity index (χ3v) is 4.72. The molecule has 116 valence electrons. The van der Waals surface area contributed by atoms with Crippen LogP contribution in [0.5, 0.6) is 0 Å². The van der Waals surface area contributed by atoms with Crippen LogP contribution in [0.1, 0.15) is 18.9 Å². The summed E-state index contributed by atoms with van der Waals surface area (Å²) >= 11 is 14.8. The fourth-order valence-electron chi connectivity index (χ4n) is 2.06. The van der Waals surface area contributed by atoms with Gasteiger partial charge in [-0.15, -0.1) is 0 Å². The molecule has 0 aromatic heterocycles. The molecule has 0 saturated heterocycles. The van der Waals surface area contributed by atoms with Crippen LogP contribution in [0, 0.1) is 0 Å². The van der Waals surface area contributed by atoms with Crippen LogP contribution in [-0.4, -0.2) is 11.2 Å². The maximum Gasteiger partial charge on any atom is 0.170 e. The Bertz CT molecular complexity index is 634. The molecule has 5 heteroatoms. The summed E-state index contributed by atoms with van der Waals surface area (Å²) in [5.74, 6) is 0. The van der Waals surface area contributed by atoms with Crippen molar-refractivity contribution in [2.24, 2.45) is 0 Å². The second-order valence-corrected chi connectivity index (χ2v) is 6.82. The molecule has 2 N–H and O–H groups in total. The quantitative estimate of drug-likeness (QED) is 0.660. The van der Waals surface area contributed by atoms with Crippen molar-refractivity contribution in [2.45, 2.75) is 25.8 Å². The Kier molecular flexibility index (Phi) is 6.68. The number of hydrogen-bond donors (Lipinski definition) is 2. The van der Waals surface area contributed by atoms with E-state index in [9.17, 15) is 0 Å². The highest BCUT2D eigenvalue weighted by molar-refractivity contribution is 9.10. The van der Waals surface area contributed by atoms with Crippen molar-refractivity contribution in [3.8, 4) is 0 Å². The largest absolute Gasteiger partial charge is 0.360 e. The number of halogens is 2. The van der Waals surface area contributed by atoms with Gasteiger partial charge in [-0.2, -0.15) is 0 Å². The summed E-state index contributed by atoms with van der Waals surface area (Å²) in [5, 5.41) is 7.72. The fraction of sp³-hybridized carbons (Fsp3) is 0.235. The van der Waals surface area contributed by atoms with Crippen LogP contribution in [0.4, 0.5) is 5.69 Å². The van der Waals surface area contributed by atoms with Gasteiger partial charge in [0.25, 0.3) is 0 Å². The summed E-state index contributed by atoms with van der Waals surface area (Å²) in [6.07, 6.45) is 2.05. The van der Waals surface area contributed by atoms with Crippen LogP contribution in [-0.2, 0) is 6.42 Å². The Hall–Kier alpha value is -1.10. The third kappa shape index (κ3) is 5.59. The van der Waals surface area contributed by atoms with Crippen LogP contribution >= 0.6 is 39.7 Å². The van der Waals surface area contributed by atoms with Gasteiger partial charge in [0.05, 0.1) is 5.02 Å². The van der Waals surface area contributed by atoms with Crippen molar-refractivity contribution in [2.75, 3.05) is 5.32 Å². The predicted octanol–water partition coefficient (Wildman–Crippen LogP) is 5.41. The summed E-state index contributed by atoms with van der Waals surface area (Å²) < 4.78 is 0.870. The van der Waals surface area contributed by atoms with Gasteiger partial charge < -0.3 is 10.6 Å². The van der Waals surface area contributed by atoms with Crippen LogP contribution in [0.25, 0.3) is 0 Å². The van der Waals surface area contributed by atoms with E-state index in [1.54, 1.807) is 0 Å². The van der Waals surface area contributed by atoms with Crippen LogP contribution in [0.3, 0.4) is 0 Å². The molecule has 2 rings (SSSR count). The molecule has 0 radical (unpaired) electrons. The molecule has 0 saturated carbocycles. The highest BCUT2D eigenvalue weighted by atomic mass is 79.9. The summed E-state index contributed by atoms with van der Waals surface area (Å²) in [5.41, 5.74) is 2.22. The predicted molar refractivity (Wildman–Crippen MR) is 103 cm³/mol. The molecule has 0 aliphatic carbocycles. The number of anilines is 1. The maximum atomic E-state index is 6.07. The Morgan fingerprint density at radius 3 is 2.64 bits per heavy atom. The first kappa shape index (κ1) is 17.3. The summed E-state index contributed by atoms with van der Waals surface area (Å²) in [4.78, 5) is 0. The van der Waals surface area contributed by atoms with Crippen LogP contribution in [0.2, 0.25) is 5.02 Å². The Labute approximate surface area is 150 Å². The zero-order chi connectivity index (χ0) is 15.9. The van der Waals surface area contributed by atoms with Crippen molar-refractivity contribution in [1.82, 2.24) is 5.32 Å². The standard InChI is InChI=1S/C17H18BrClN2S/c1-12(7-8-13-5-3-2-4-6-13)20-17(22)21-14-9-10-15(18)16(19)11-14/h2-6,9-12H,7-8H2,1H3,(H2,20,21,22)/t12-/m1/s1. The van der Waals surface area contributed by atoms with E-state index in [4.69, 9.17) is 23.8 Å². The van der Waals surface area contributed by atoms with E-state index in [0.717, 1.165) is 23.0 Å². The molecule has 0 spiro atoms. The van der Waals surface area contributed by atoms with Crippen molar-refractivity contribution >= 4 is 50.5 Å². The zero-order valence-electron chi connectivity index (χ0n) is 12.3. The molecule has 2 aromatic carbocycles. The lowest BCUT2D eigenvalue weighted by atomic mass is 10.1. The van der Waals surface area contributed by atoms with E-state index in [-0.39, 0.29) is 0 Å². The normalized spacial score (nSPS) is 11.8. The highest BCUT2D eigenvalue weighted by Crippen LogP contribution is 2.25. The SMILES string of the molecule is C[C@H](CCc1ccccc1)NC(=S)Nc1ccc(Br)c(Cl)c1. The van der Waals surface area contributed by atoms with Crippen molar-refractivity contribution in [3.05, 3.63) is 63.6 Å². The lowest BCUT2D eigenvalue weighted by Crippen LogP contribution is -2.36. The number of rotatable bonds is 5. The topological polar surface area (TPSA) is 24.1 Å². The number of benzene rings is 2. The summed E-state index contributed by atoms with van der Waals surface area (Å²) in [6, 6.07) is 16.4. The molecule has 0 fully saturated rings. The third-order valence-electron chi connectivity index (χ3n) is 3.26. The maximum absolute atomic E-state index is 6.07. The van der Waals surface area contributed by atoms with E-state index in [0.29, 0.717) is 16.2 Å². The highest BCUT2D eigenvalue weighted by Gasteiger charge is 2.06. The number of thiocarbonyl (C=S) groups is 1. The monoisotopic (exact) mass is 396 g/mol. The molecule has 0 aliphatic rings. The zero-order valence-corrected chi connectivity index (χ0v) is 15.4. The van der Waals surface area contributed by atoms with Gasteiger partial charge in [-0.25, -0.2) is 0 Å². The lowest BCUT2D eigenvalue weighted by molar-refractivity contribution is 0.609. The van der Waals surface area contributed by atoms with E-state index in [2.05, 4.69) is 57.8 Å². The minimum atomic E-state index is 0.297. The van der Waals surface area contributed by atoms with Crippen molar-refractivity contribution in [1.29, 1.82) is 0 Å². The number of hydrogen-bond acceptors (Lipinski definition) is 1. The molecule has 0 amide bonds. The van der Waals surface area contributed by atoms with Crippen LogP contribution < -0.4 is 10.6 Å². The molecule has 0 unspecified atom stereocenters. The second kappa shape index (κ2) is 8.51. The van der Waals surface area contributed by atoms with Gasteiger partial charge >= 0.3 is 0 Å².